The first kappa shape index (κ1) is 17.2. The van der Waals surface area contributed by atoms with E-state index in [1.54, 1.807) is 26.4 Å². The Morgan fingerprint density at radius 1 is 1.29 bits per heavy atom. The summed E-state index contributed by atoms with van der Waals surface area (Å²) in [6, 6.07) is 5.36. The molecule has 0 unspecified atom stereocenters. The molecule has 0 aliphatic heterocycles. The van der Waals surface area contributed by atoms with Gasteiger partial charge in [0, 0.05) is 38.8 Å². The molecule has 21 heavy (non-hydrogen) atoms. The van der Waals surface area contributed by atoms with E-state index in [9.17, 15) is 9.18 Å². The molecule has 0 aliphatic rings. The molecule has 0 aromatic heterocycles. The van der Waals surface area contributed by atoms with Gasteiger partial charge in [-0.15, -0.1) is 0 Å². The maximum absolute atomic E-state index is 12.8. The molecule has 0 spiro atoms. The number of carbonyl (C=O) groups excluding carboxylic acids is 1. The van der Waals surface area contributed by atoms with Gasteiger partial charge in [-0.1, -0.05) is 0 Å². The fourth-order valence-electron chi connectivity index (χ4n) is 1.92. The molecule has 1 rings (SSSR count). The van der Waals surface area contributed by atoms with Crippen LogP contribution in [0, 0.1) is 0 Å². The van der Waals surface area contributed by atoms with Crippen LogP contribution < -0.4 is 9.47 Å². The molecule has 0 aliphatic carbocycles. The zero-order chi connectivity index (χ0) is 15.8. The minimum Gasteiger partial charge on any atom is -0.497 e. The third-order valence-electron chi connectivity index (χ3n) is 3.23. The van der Waals surface area contributed by atoms with Crippen LogP contribution in [-0.4, -0.2) is 51.5 Å². The number of methoxy groups -OCH3 is 3. The second-order valence-corrected chi connectivity index (χ2v) is 4.59. The van der Waals surface area contributed by atoms with Crippen LogP contribution in [-0.2, 0) is 16.1 Å². The maximum atomic E-state index is 12.8. The summed E-state index contributed by atoms with van der Waals surface area (Å²) in [6.45, 7) is 1.32. The third kappa shape index (κ3) is 4.90. The smallest absolute Gasteiger partial charge is 0.219 e. The lowest BCUT2D eigenvalue weighted by atomic mass is 10.1. The average Bonchev–Trinajstić information content (AvgIpc) is 2.51. The van der Waals surface area contributed by atoms with Crippen molar-refractivity contribution in [1.29, 1.82) is 0 Å². The molecule has 1 amide bonds. The quantitative estimate of drug-likeness (QED) is 0.737. The summed E-state index contributed by atoms with van der Waals surface area (Å²) in [5, 5.41) is 0. The first-order valence-electron chi connectivity index (χ1n) is 6.60. The van der Waals surface area contributed by atoms with E-state index in [0.29, 0.717) is 18.0 Å². The Morgan fingerprint density at radius 3 is 2.48 bits per heavy atom. The number of amides is 1. The summed E-state index contributed by atoms with van der Waals surface area (Å²) < 4.78 is 28.2. The predicted molar refractivity (Wildman–Crippen MR) is 77.4 cm³/mol. The molecule has 0 bridgehead atoms. The van der Waals surface area contributed by atoms with Gasteiger partial charge in [-0.25, -0.2) is 4.39 Å². The Bertz CT molecular complexity index is 463. The van der Waals surface area contributed by atoms with Crippen LogP contribution in [0.3, 0.4) is 0 Å². The summed E-state index contributed by atoms with van der Waals surface area (Å²) in [5.41, 5.74) is 0.821. The summed E-state index contributed by atoms with van der Waals surface area (Å²) in [7, 11) is 4.55. The van der Waals surface area contributed by atoms with Gasteiger partial charge < -0.3 is 19.1 Å². The monoisotopic (exact) mass is 299 g/mol. The number of alkyl halides is 1. The molecule has 0 heterocycles. The number of halogens is 1. The highest BCUT2D eigenvalue weighted by Gasteiger charge is 2.18. The number of hydrogen-bond donors (Lipinski definition) is 0. The average molecular weight is 299 g/mol. The molecule has 0 fully saturated rings. The van der Waals surface area contributed by atoms with Gasteiger partial charge in [-0.3, -0.25) is 4.79 Å². The van der Waals surface area contributed by atoms with Crippen LogP contribution in [0.5, 0.6) is 11.5 Å². The van der Waals surface area contributed by atoms with E-state index in [1.165, 1.54) is 18.9 Å². The maximum Gasteiger partial charge on any atom is 0.219 e. The summed E-state index contributed by atoms with van der Waals surface area (Å²) >= 11 is 0. The van der Waals surface area contributed by atoms with E-state index in [0.717, 1.165) is 5.56 Å². The number of nitrogens with zero attached hydrogens (tertiary/aromatic N) is 1. The Labute approximate surface area is 124 Å². The Kier molecular flexibility index (Phi) is 6.94. The summed E-state index contributed by atoms with van der Waals surface area (Å²) in [4.78, 5) is 13.2. The van der Waals surface area contributed by atoms with Gasteiger partial charge in [-0.05, 0) is 12.1 Å². The van der Waals surface area contributed by atoms with Crippen LogP contribution in [0.4, 0.5) is 4.39 Å². The molecule has 0 N–H and O–H groups in total. The van der Waals surface area contributed by atoms with E-state index in [-0.39, 0.29) is 12.5 Å². The van der Waals surface area contributed by atoms with Crippen molar-refractivity contribution in [3.05, 3.63) is 23.8 Å². The molecule has 0 saturated carbocycles. The van der Waals surface area contributed by atoms with Gasteiger partial charge in [-0.2, -0.15) is 0 Å². The lowest BCUT2D eigenvalue weighted by Crippen LogP contribution is -2.37. The second kappa shape index (κ2) is 8.46. The van der Waals surface area contributed by atoms with Crippen molar-refractivity contribution in [1.82, 2.24) is 4.90 Å². The molecule has 1 atom stereocenters. The SMILES string of the molecule is COc1ccc(CN(C[C@@H](CF)OC)C(C)=O)c(OC)c1. The van der Waals surface area contributed by atoms with Crippen LogP contribution in [0.25, 0.3) is 0 Å². The number of hydrogen-bond acceptors (Lipinski definition) is 4. The van der Waals surface area contributed by atoms with Gasteiger partial charge in [0.2, 0.25) is 5.91 Å². The molecular formula is C15H22FNO4. The van der Waals surface area contributed by atoms with Crippen molar-refractivity contribution >= 4 is 5.91 Å². The predicted octanol–water partition coefficient (Wildman–Crippen LogP) is 2.04. The summed E-state index contributed by atoms with van der Waals surface area (Å²) in [5.74, 6) is 1.14. The highest BCUT2D eigenvalue weighted by atomic mass is 19.1. The molecule has 0 saturated heterocycles. The largest absolute Gasteiger partial charge is 0.497 e. The van der Waals surface area contributed by atoms with Crippen molar-refractivity contribution in [2.75, 3.05) is 34.5 Å². The molecule has 0 radical (unpaired) electrons. The summed E-state index contributed by atoms with van der Waals surface area (Å²) in [6.07, 6.45) is -0.627. The Balaban J connectivity index is 2.90. The van der Waals surface area contributed by atoms with Gasteiger partial charge in [0.1, 0.15) is 24.3 Å². The van der Waals surface area contributed by atoms with Crippen LogP contribution >= 0.6 is 0 Å². The topological polar surface area (TPSA) is 48.0 Å². The second-order valence-electron chi connectivity index (χ2n) is 4.59. The van der Waals surface area contributed by atoms with Crippen molar-refractivity contribution in [3.8, 4) is 11.5 Å². The fraction of sp³-hybridized carbons (Fsp3) is 0.533. The number of benzene rings is 1. The van der Waals surface area contributed by atoms with Gasteiger partial charge >= 0.3 is 0 Å². The Morgan fingerprint density at radius 2 is 2.00 bits per heavy atom. The van der Waals surface area contributed by atoms with Crippen molar-refractivity contribution < 1.29 is 23.4 Å². The first-order chi connectivity index (χ1) is 10.0. The van der Waals surface area contributed by atoms with E-state index in [2.05, 4.69) is 0 Å². The third-order valence-corrected chi connectivity index (χ3v) is 3.23. The van der Waals surface area contributed by atoms with E-state index >= 15 is 0 Å². The number of ether oxygens (including phenoxy) is 3. The van der Waals surface area contributed by atoms with Gasteiger partial charge in [0.15, 0.2) is 0 Å². The molecule has 5 nitrogen and oxygen atoms in total. The number of carbonyl (C=O) groups is 1. The molecule has 1 aromatic rings. The Hall–Kier alpha value is -1.82. The van der Waals surface area contributed by atoms with Crippen LogP contribution in [0.2, 0.25) is 0 Å². The standard InChI is InChI=1S/C15H22FNO4/c1-11(18)17(10-14(8-16)20-3)9-12-5-6-13(19-2)7-15(12)21-4/h5-7,14H,8-10H2,1-4H3/t14-/m1/s1. The first-order valence-corrected chi connectivity index (χ1v) is 6.60. The molecular weight excluding hydrogens is 277 g/mol. The van der Waals surface area contributed by atoms with Crippen molar-refractivity contribution in [3.63, 3.8) is 0 Å². The van der Waals surface area contributed by atoms with Crippen LogP contribution in [0.1, 0.15) is 12.5 Å². The van der Waals surface area contributed by atoms with Crippen molar-refractivity contribution in [2.45, 2.75) is 19.6 Å². The minimum absolute atomic E-state index is 0.150. The fourth-order valence-corrected chi connectivity index (χ4v) is 1.92. The lowest BCUT2D eigenvalue weighted by molar-refractivity contribution is -0.131. The number of rotatable bonds is 8. The highest BCUT2D eigenvalue weighted by Crippen LogP contribution is 2.25. The molecule has 118 valence electrons. The molecule has 6 heteroatoms. The van der Waals surface area contributed by atoms with Crippen molar-refractivity contribution in [2.24, 2.45) is 0 Å². The van der Waals surface area contributed by atoms with Gasteiger partial charge in [0.05, 0.1) is 14.2 Å². The van der Waals surface area contributed by atoms with Crippen LogP contribution in [0.15, 0.2) is 18.2 Å². The van der Waals surface area contributed by atoms with E-state index in [1.807, 2.05) is 6.07 Å². The van der Waals surface area contributed by atoms with E-state index < -0.39 is 12.8 Å². The lowest BCUT2D eigenvalue weighted by Gasteiger charge is -2.25. The van der Waals surface area contributed by atoms with Gasteiger partial charge in [0.25, 0.3) is 0 Å². The minimum atomic E-state index is -0.639. The highest BCUT2D eigenvalue weighted by molar-refractivity contribution is 5.73. The zero-order valence-electron chi connectivity index (χ0n) is 12.9. The zero-order valence-corrected chi connectivity index (χ0v) is 12.9. The normalized spacial score (nSPS) is 11.9. The van der Waals surface area contributed by atoms with E-state index in [4.69, 9.17) is 14.2 Å². The molecule has 1 aromatic carbocycles.